The number of carbonyl (C=O) groups is 2. The number of β-lactam (4-membered cyclic amide) rings is 1. The molecule has 0 saturated carbocycles. The number of nitrogens with one attached hydrogen (secondary N) is 1. The van der Waals surface area contributed by atoms with Crippen LogP contribution in [0.25, 0.3) is 0 Å². The van der Waals surface area contributed by atoms with Crippen molar-refractivity contribution in [3.8, 4) is 0 Å². The summed E-state index contributed by atoms with van der Waals surface area (Å²) in [6, 6.07) is 7.72. The topological polar surface area (TPSA) is 122 Å². The van der Waals surface area contributed by atoms with E-state index in [-0.39, 0.29) is 10.9 Å². The van der Waals surface area contributed by atoms with Crippen molar-refractivity contribution in [2.75, 3.05) is 7.11 Å². The Balaban J connectivity index is 2.02. The number of ether oxygens (including phenoxy) is 2. The summed E-state index contributed by atoms with van der Waals surface area (Å²) in [6.07, 6.45) is -0.953. The summed E-state index contributed by atoms with van der Waals surface area (Å²) in [7, 11) is -3.59. The molecule has 0 spiro atoms. The Hall–Kier alpha value is -2.17. The number of alkyl carbamates (subject to hydrolysis) is 1. The van der Waals surface area contributed by atoms with E-state index in [1.807, 2.05) is 6.07 Å². The van der Waals surface area contributed by atoms with Crippen molar-refractivity contribution in [1.82, 2.24) is 9.62 Å². The molecule has 2 N–H and O–H groups in total. The van der Waals surface area contributed by atoms with Crippen molar-refractivity contribution in [1.29, 1.82) is 0 Å². The van der Waals surface area contributed by atoms with Crippen molar-refractivity contribution >= 4 is 22.3 Å². The first kappa shape index (κ1) is 17.2. The number of benzene rings is 1. The highest BCUT2D eigenvalue weighted by atomic mass is 32.2. The molecule has 1 aromatic rings. The summed E-state index contributed by atoms with van der Waals surface area (Å²) in [6.45, 7) is 1.27. The van der Waals surface area contributed by atoms with Crippen LogP contribution in [0, 0.1) is 0 Å². The van der Waals surface area contributed by atoms with Gasteiger partial charge in [0.2, 0.25) is 5.72 Å². The lowest BCUT2D eigenvalue weighted by atomic mass is 9.95. The van der Waals surface area contributed by atoms with Gasteiger partial charge in [0.05, 0.1) is 0 Å². The fourth-order valence-electron chi connectivity index (χ4n) is 2.30. The third-order valence-electron chi connectivity index (χ3n) is 3.53. The Morgan fingerprint density at radius 2 is 2.00 bits per heavy atom. The van der Waals surface area contributed by atoms with Crippen LogP contribution in [0.5, 0.6) is 0 Å². The van der Waals surface area contributed by atoms with Gasteiger partial charge in [-0.3, -0.25) is 14.7 Å². The van der Waals surface area contributed by atoms with Gasteiger partial charge in [0.1, 0.15) is 12.6 Å². The summed E-state index contributed by atoms with van der Waals surface area (Å²) in [4.78, 5) is 23.8. The molecule has 2 amide bonds. The summed E-state index contributed by atoms with van der Waals surface area (Å²) in [5.41, 5.74) is -1.16. The average molecular weight is 344 g/mol. The van der Waals surface area contributed by atoms with Gasteiger partial charge in [-0.15, -0.1) is 0 Å². The zero-order valence-corrected chi connectivity index (χ0v) is 13.2. The second kappa shape index (κ2) is 6.14. The number of methoxy groups -OCH3 is 1. The zero-order chi connectivity index (χ0) is 17.3. The van der Waals surface area contributed by atoms with Gasteiger partial charge >= 0.3 is 16.4 Å². The lowest BCUT2D eigenvalue weighted by Gasteiger charge is -2.50. The highest BCUT2D eigenvalue weighted by molar-refractivity contribution is 7.84. The van der Waals surface area contributed by atoms with Crippen molar-refractivity contribution in [3.63, 3.8) is 0 Å². The smallest absolute Gasteiger partial charge is 0.410 e. The molecular weight excluding hydrogens is 328 g/mol. The fraction of sp³-hybridized carbons (Fsp3) is 0.385. The van der Waals surface area contributed by atoms with Crippen LogP contribution < -0.4 is 5.32 Å². The Kier molecular flexibility index (Phi) is 4.59. The van der Waals surface area contributed by atoms with Gasteiger partial charge in [0, 0.05) is 7.11 Å². The first-order valence-corrected chi connectivity index (χ1v) is 7.97. The molecular formula is C13H16N2O7S. The van der Waals surface area contributed by atoms with Crippen molar-refractivity contribution in [3.05, 3.63) is 35.9 Å². The molecule has 1 heterocycles. The van der Waals surface area contributed by atoms with E-state index in [0.29, 0.717) is 0 Å². The maximum atomic E-state index is 12.0. The van der Waals surface area contributed by atoms with E-state index in [1.165, 1.54) is 6.92 Å². The second-order valence-corrected chi connectivity index (χ2v) is 6.17. The Morgan fingerprint density at radius 3 is 2.48 bits per heavy atom. The number of nitrogens with zero attached hydrogens (tertiary/aromatic N) is 1. The largest absolute Gasteiger partial charge is 0.445 e. The van der Waals surface area contributed by atoms with Crippen LogP contribution in [0.15, 0.2) is 30.3 Å². The van der Waals surface area contributed by atoms with Crippen molar-refractivity contribution in [2.24, 2.45) is 0 Å². The van der Waals surface area contributed by atoms with E-state index in [0.717, 1.165) is 12.7 Å². The average Bonchev–Trinajstić information content (AvgIpc) is 2.50. The predicted molar refractivity (Wildman–Crippen MR) is 77.4 cm³/mol. The number of rotatable bonds is 5. The van der Waals surface area contributed by atoms with Gasteiger partial charge in [0.15, 0.2) is 0 Å². The first-order valence-electron chi connectivity index (χ1n) is 6.57. The Morgan fingerprint density at radius 1 is 1.39 bits per heavy atom. The number of hydrogen-bond acceptors (Lipinski definition) is 6. The van der Waals surface area contributed by atoms with Gasteiger partial charge in [-0.25, -0.2) is 9.10 Å². The highest BCUT2D eigenvalue weighted by Crippen LogP contribution is 2.33. The normalized spacial score (nSPS) is 24.0. The molecule has 10 heteroatoms. The molecule has 2 atom stereocenters. The van der Waals surface area contributed by atoms with Gasteiger partial charge in [-0.2, -0.15) is 8.42 Å². The van der Waals surface area contributed by atoms with E-state index < -0.39 is 34.1 Å². The highest BCUT2D eigenvalue weighted by Gasteiger charge is 2.65. The molecule has 1 aliphatic rings. The van der Waals surface area contributed by atoms with Crippen LogP contribution in [0.2, 0.25) is 0 Å². The third kappa shape index (κ3) is 3.14. The number of amides is 2. The van der Waals surface area contributed by atoms with E-state index >= 15 is 0 Å². The van der Waals surface area contributed by atoms with Crippen molar-refractivity contribution in [2.45, 2.75) is 25.3 Å². The molecule has 1 aliphatic heterocycles. The minimum atomic E-state index is -4.72. The molecule has 0 bridgehead atoms. The minimum Gasteiger partial charge on any atom is -0.445 e. The molecule has 0 unspecified atom stereocenters. The van der Waals surface area contributed by atoms with Gasteiger partial charge in [0.25, 0.3) is 5.91 Å². The molecule has 1 fully saturated rings. The molecule has 23 heavy (non-hydrogen) atoms. The third-order valence-corrected chi connectivity index (χ3v) is 4.51. The molecule has 0 aromatic heterocycles. The summed E-state index contributed by atoms with van der Waals surface area (Å²) in [5.74, 6) is -1.10. The maximum Gasteiger partial charge on any atom is 0.410 e. The monoisotopic (exact) mass is 344 g/mol. The maximum absolute atomic E-state index is 12.0. The summed E-state index contributed by atoms with van der Waals surface area (Å²) >= 11 is 0. The lowest BCUT2D eigenvalue weighted by Crippen LogP contribution is -2.80. The van der Waals surface area contributed by atoms with E-state index in [4.69, 9.17) is 14.0 Å². The van der Waals surface area contributed by atoms with Gasteiger partial charge in [-0.05, 0) is 12.5 Å². The molecule has 2 rings (SSSR count). The van der Waals surface area contributed by atoms with Crippen LogP contribution in [0.1, 0.15) is 12.5 Å². The molecule has 1 aromatic carbocycles. The van der Waals surface area contributed by atoms with Crippen LogP contribution in [-0.4, -0.2) is 48.2 Å². The second-order valence-electron chi connectivity index (χ2n) is 4.88. The summed E-state index contributed by atoms with van der Waals surface area (Å²) < 4.78 is 41.3. The zero-order valence-electron chi connectivity index (χ0n) is 12.4. The van der Waals surface area contributed by atoms with Crippen molar-refractivity contribution < 1.29 is 32.0 Å². The molecule has 0 radical (unpaired) electrons. The molecule has 1 saturated heterocycles. The van der Waals surface area contributed by atoms with Gasteiger partial charge < -0.3 is 9.47 Å². The number of hydrogen-bond donors (Lipinski definition) is 2. The predicted octanol–water partition coefficient (Wildman–Crippen LogP) is 0.289. The lowest BCUT2D eigenvalue weighted by molar-refractivity contribution is -0.189. The van der Waals surface area contributed by atoms with E-state index in [9.17, 15) is 18.0 Å². The van der Waals surface area contributed by atoms with Crippen LogP contribution in [-0.2, 0) is 31.2 Å². The Bertz CT molecular complexity index is 706. The van der Waals surface area contributed by atoms with Crippen LogP contribution >= 0.6 is 0 Å². The first-order chi connectivity index (χ1) is 10.7. The molecule has 0 aliphatic carbocycles. The van der Waals surface area contributed by atoms with E-state index in [2.05, 4.69) is 5.32 Å². The van der Waals surface area contributed by atoms with Gasteiger partial charge in [-0.1, -0.05) is 30.3 Å². The molecule has 126 valence electrons. The van der Waals surface area contributed by atoms with E-state index in [1.54, 1.807) is 24.3 Å². The fourth-order valence-corrected chi connectivity index (χ4v) is 3.19. The molecule has 9 nitrogen and oxygen atoms in total. The quantitative estimate of drug-likeness (QED) is 0.447. The minimum absolute atomic E-state index is 0.0307. The SMILES string of the molecule is CO[C@]1(NC(=O)OCc2ccccc2)C(=O)N(S(=O)(=O)O)[C@H]1C. The Labute approximate surface area is 133 Å². The van der Waals surface area contributed by atoms with Crippen LogP contribution in [0.3, 0.4) is 0 Å². The van der Waals surface area contributed by atoms with Crippen LogP contribution in [0.4, 0.5) is 4.79 Å². The number of carbonyl (C=O) groups excluding carboxylic acids is 2. The standard InChI is InChI=1S/C13H16N2O7S/c1-9-13(21-2,11(16)15(9)23(18,19)20)14-12(17)22-8-10-6-4-3-5-7-10/h3-7,9H,8H2,1-2H3,(H,14,17)(H,18,19,20)/t9-,13-/m0/s1. The summed E-state index contributed by atoms with van der Waals surface area (Å²) in [5, 5.41) is 2.20.